The third kappa shape index (κ3) is 3.17. The highest BCUT2D eigenvalue weighted by molar-refractivity contribution is 7.99. The molecule has 8 heteroatoms. The Balaban J connectivity index is 1.50. The Kier molecular flexibility index (Phi) is 3.98. The smallest absolute Gasteiger partial charge is 0.200 e. The largest absolute Gasteiger partial charge is 0.368 e. The van der Waals surface area contributed by atoms with Crippen LogP contribution in [0.4, 0.5) is 5.82 Å². The van der Waals surface area contributed by atoms with E-state index < -0.39 is 0 Å². The first-order valence-corrected chi connectivity index (χ1v) is 7.35. The van der Waals surface area contributed by atoms with Crippen molar-refractivity contribution in [3.63, 3.8) is 0 Å². The van der Waals surface area contributed by atoms with Gasteiger partial charge in [0.1, 0.15) is 5.82 Å². The number of hydrogen-bond acceptors (Lipinski definition) is 6. The van der Waals surface area contributed by atoms with Gasteiger partial charge in [-0.3, -0.25) is 0 Å². The number of nitrogens with zero attached hydrogens (tertiary/aromatic N) is 5. The molecule has 2 heterocycles. The maximum absolute atomic E-state index is 5.84. The SMILES string of the molecule is Clc1ccc(SCCNc2ccc3nnnn3n2)cc1. The number of aromatic nitrogens is 5. The molecule has 1 aromatic carbocycles. The molecule has 2 aromatic heterocycles. The lowest BCUT2D eigenvalue weighted by Gasteiger charge is -2.05. The lowest BCUT2D eigenvalue weighted by molar-refractivity contribution is 0.735. The normalized spacial score (nSPS) is 10.8. The molecule has 1 N–H and O–H groups in total. The van der Waals surface area contributed by atoms with Gasteiger partial charge >= 0.3 is 0 Å². The number of fused-ring (bicyclic) bond motifs is 1. The van der Waals surface area contributed by atoms with Crippen LogP contribution in [-0.2, 0) is 0 Å². The van der Waals surface area contributed by atoms with Crippen LogP contribution in [0.2, 0.25) is 5.02 Å². The van der Waals surface area contributed by atoms with Crippen LogP contribution < -0.4 is 5.32 Å². The summed E-state index contributed by atoms with van der Waals surface area (Å²) in [5, 5.41) is 19.3. The van der Waals surface area contributed by atoms with Crippen LogP contribution in [0, 0.1) is 0 Å². The highest BCUT2D eigenvalue weighted by Gasteiger charge is 2.00. The predicted molar refractivity (Wildman–Crippen MR) is 79.2 cm³/mol. The summed E-state index contributed by atoms with van der Waals surface area (Å²) in [6.07, 6.45) is 0. The van der Waals surface area contributed by atoms with E-state index in [0.717, 1.165) is 23.1 Å². The Hall–Kier alpha value is -1.86. The second-order valence-corrected chi connectivity index (χ2v) is 5.58. The highest BCUT2D eigenvalue weighted by Crippen LogP contribution is 2.19. The van der Waals surface area contributed by atoms with Gasteiger partial charge in [-0.1, -0.05) is 11.6 Å². The zero-order chi connectivity index (χ0) is 13.8. The van der Waals surface area contributed by atoms with E-state index in [-0.39, 0.29) is 0 Å². The Bertz CT molecular complexity index is 698. The standard InChI is InChI=1S/C12H11ClN6S/c13-9-1-3-10(4-2-9)20-8-7-14-11-5-6-12-15-17-18-19(12)16-11/h1-6H,7-8H2,(H,14,16). The predicted octanol–water partition coefficient (Wildman–Crippen LogP) is 2.38. The van der Waals surface area contributed by atoms with Crippen molar-refractivity contribution >= 4 is 34.8 Å². The topological polar surface area (TPSA) is 68.0 Å². The van der Waals surface area contributed by atoms with Gasteiger partial charge in [-0.2, -0.15) is 0 Å². The average Bonchev–Trinajstić information content (AvgIpc) is 2.93. The van der Waals surface area contributed by atoms with Crippen LogP contribution in [0.3, 0.4) is 0 Å². The zero-order valence-electron chi connectivity index (χ0n) is 10.4. The van der Waals surface area contributed by atoms with Crippen molar-refractivity contribution in [3.8, 4) is 0 Å². The van der Waals surface area contributed by atoms with Gasteiger partial charge in [0.15, 0.2) is 5.65 Å². The minimum Gasteiger partial charge on any atom is -0.368 e. The minimum absolute atomic E-state index is 0.631. The summed E-state index contributed by atoms with van der Waals surface area (Å²) in [7, 11) is 0. The Morgan fingerprint density at radius 1 is 1.15 bits per heavy atom. The van der Waals surface area contributed by atoms with E-state index in [1.54, 1.807) is 11.8 Å². The molecular formula is C12H11ClN6S. The first kappa shape index (κ1) is 13.1. The van der Waals surface area contributed by atoms with E-state index in [0.29, 0.717) is 5.65 Å². The molecule has 102 valence electrons. The summed E-state index contributed by atoms with van der Waals surface area (Å²) in [5.41, 5.74) is 0.631. The summed E-state index contributed by atoms with van der Waals surface area (Å²) < 4.78 is 1.40. The van der Waals surface area contributed by atoms with Crippen LogP contribution >= 0.6 is 23.4 Å². The van der Waals surface area contributed by atoms with Gasteiger partial charge in [0, 0.05) is 22.2 Å². The van der Waals surface area contributed by atoms with Crippen molar-refractivity contribution in [3.05, 3.63) is 41.4 Å². The maximum Gasteiger partial charge on any atom is 0.200 e. The van der Waals surface area contributed by atoms with E-state index in [2.05, 4.69) is 25.9 Å². The van der Waals surface area contributed by atoms with Crippen molar-refractivity contribution in [2.75, 3.05) is 17.6 Å². The van der Waals surface area contributed by atoms with Gasteiger partial charge in [0.2, 0.25) is 0 Å². The fraction of sp³-hybridized carbons (Fsp3) is 0.167. The Labute approximate surface area is 124 Å². The first-order valence-electron chi connectivity index (χ1n) is 5.99. The second-order valence-electron chi connectivity index (χ2n) is 3.97. The van der Waals surface area contributed by atoms with E-state index >= 15 is 0 Å². The van der Waals surface area contributed by atoms with Gasteiger partial charge in [-0.05, 0) is 46.8 Å². The van der Waals surface area contributed by atoms with Crippen LogP contribution in [-0.4, -0.2) is 37.6 Å². The first-order chi connectivity index (χ1) is 9.81. The number of hydrogen-bond donors (Lipinski definition) is 1. The van der Waals surface area contributed by atoms with Gasteiger partial charge < -0.3 is 5.32 Å². The molecule has 0 saturated carbocycles. The quantitative estimate of drug-likeness (QED) is 0.576. The number of benzene rings is 1. The van der Waals surface area contributed by atoms with Crippen molar-refractivity contribution in [1.82, 2.24) is 25.3 Å². The number of nitrogens with one attached hydrogen (secondary N) is 1. The number of anilines is 1. The summed E-state index contributed by atoms with van der Waals surface area (Å²) >= 11 is 7.60. The molecule has 0 bridgehead atoms. The Morgan fingerprint density at radius 3 is 2.85 bits per heavy atom. The van der Waals surface area contributed by atoms with Crippen molar-refractivity contribution < 1.29 is 0 Å². The van der Waals surface area contributed by atoms with E-state index in [4.69, 9.17) is 11.6 Å². The molecule has 0 amide bonds. The maximum atomic E-state index is 5.84. The molecule has 0 atom stereocenters. The van der Waals surface area contributed by atoms with Crippen LogP contribution in [0.25, 0.3) is 5.65 Å². The van der Waals surface area contributed by atoms with E-state index in [9.17, 15) is 0 Å². The van der Waals surface area contributed by atoms with Crippen molar-refractivity contribution in [2.24, 2.45) is 0 Å². The number of thioether (sulfide) groups is 1. The molecule has 0 spiro atoms. The molecule has 0 radical (unpaired) electrons. The summed E-state index contributed by atoms with van der Waals surface area (Å²) in [4.78, 5) is 1.19. The number of tetrazole rings is 1. The molecular weight excluding hydrogens is 296 g/mol. The highest BCUT2D eigenvalue weighted by atomic mass is 35.5. The summed E-state index contributed by atoms with van der Waals surface area (Å²) in [6.45, 7) is 0.800. The molecule has 0 aliphatic rings. The Morgan fingerprint density at radius 2 is 2.00 bits per heavy atom. The van der Waals surface area contributed by atoms with Crippen molar-refractivity contribution in [2.45, 2.75) is 4.90 Å². The molecule has 0 fully saturated rings. The number of halogens is 1. The number of rotatable bonds is 5. The molecule has 0 aliphatic carbocycles. The average molecular weight is 307 g/mol. The van der Waals surface area contributed by atoms with Gasteiger partial charge in [-0.25, -0.2) is 0 Å². The molecule has 0 aliphatic heterocycles. The minimum atomic E-state index is 0.631. The van der Waals surface area contributed by atoms with Gasteiger partial charge in [0.05, 0.1) is 0 Å². The summed E-state index contributed by atoms with van der Waals surface area (Å²) in [5.74, 6) is 1.68. The zero-order valence-corrected chi connectivity index (χ0v) is 12.0. The molecule has 0 unspecified atom stereocenters. The van der Waals surface area contributed by atoms with Gasteiger partial charge in [-0.15, -0.1) is 26.6 Å². The third-order valence-corrected chi connectivity index (χ3v) is 3.83. The van der Waals surface area contributed by atoms with Crippen LogP contribution in [0.15, 0.2) is 41.3 Å². The molecule has 6 nitrogen and oxygen atoms in total. The monoisotopic (exact) mass is 306 g/mol. The molecule has 3 rings (SSSR count). The van der Waals surface area contributed by atoms with Crippen molar-refractivity contribution in [1.29, 1.82) is 0 Å². The summed E-state index contributed by atoms with van der Waals surface area (Å²) in [6, 6.07) is 11.5. The fourth-order valence-corrected chi connectivity index (χ4v) is 2.52. The van der Waals surface area contributed by atoms with Crippen LogP contribution in [0.1, 0.15) is 0 Å². The molecule has 20 heavy (non-hydrogen) atoms. The lowest BCUT2D eigenvalue weighted by atomic mass is 10.4. The third-order valence-electron chi connectivity index (χ3n) is 2.56. The fourth-order valence-electron chi connectivity index (χ4n) is 1.62. The lowest BCUT2D eigenvalue weighted by Crippen LogP contribution is -2.07. The van der Waals surface area contributed by atoms with Gasteiger partial charge in [0.25, 0.3) is 0 Å². The van der Waals surface area contributed by atoms with E-state index in [1.807, 2.05) is 36.4 Å². The molecule has 3 aromatic rings. The van der Waals surface area contributed by atoms with E-state index in [1.165, 1.54) is 9.53 Å². The molecule has 0 saturated heterocycles. The van der Waals surface area contributed by atoms with Crippen LogP contribution in [0.5, 0.6) is 0 Å². The second kappa shape index (κ2) is 6.06.